The molecule has 0 aromatic rings. The van der Waals surface area contributed by atoms with E-state index in [1.807, 2.05) is 0 Å². The van der Waals surface area contributed by atoms with Crippen molar-refractivity contribution in [2.24, 2.45) is 0 Å². The number of carbonyl (C=O) groups is 3. The molecule has 1 atom stereocenters. The Hall–Kier alpha value is -2.63. The maximum atomic E-state index is 12.8. The van der Waals surface area contributed by atoms with Gasteiger partial charge in [-0.15, -0.1) is 0 Å². The summed E-state index contributed by atoms with van der Waals surface area (Å²) in [7, 11) is 0. The van der Waals surface area contributed by atoms with Gasteiger partial charge in [0, 0.05) is 19.3 Å². The number of esters is 3. The summed E-state index contributed by atoms with van der Waals surface area (Å²) in [5.74, 6) is -0.873. The van der Waals surface area contributed by atoms with Gasteiger partial charge in [-0.2, -0.15) is 0 Å². The maximum absolute atomic E-state index is 12.8. The van der Waals surface area contributed by atoms with Crippen LogP contribution in [0.1, 0.15) is 342 Å². The van der Waals surface area contributed by atoms with Gasteiger partial charge in [0.15, 0.2) is 6.10 Å². The number of hydrogen-bond donors (Lipinski definition) is 0. The molecule has 0 aliphatic carbocycles. The van der Waals surface area contributed by atoms with E-state index >= 15 is 0 Å². The third-order valence-corrected chi connectivity index (χ3v) is 14.3. The third kappa shape index (κ3) is 60.1. The fraction of sp³-hybridized carbons (Fsp3) is 0.836. The van der Waals surface area contributed by atoms with E-state index in [0.717, 1.165) is 77.0 Å². The summed E-state index contributed by atoms with van der Waals surface area (Å²) in [6.45, 7) is 6.58. The second-order valence-electron chi connectivity index (χ2n) is 21.7. The number of unbranched alkanes of at least 4 members (excludes halogenated alkanes) is 40. The lowest BCUT2D eigenvalue weighted by Gasteiger charge is -2.18. The number of ether oxygens (including phenoxy) is 3. The Morgan fingerprint density at radius 3 is 0.753 bits per heavy atom. The molecular weight excluding hydrogens is 901 g/mol. The zero-order chi connectivity index (χ0) is 52.9. The fourth-order valence-corrected chi connectivity index (χ4v) is 9.45. The van der Waals surface area contributed by atoms with Crippen LogP contribution in [-0.4, -0.2) is 37.2 Å². The highest BCUT2D eigenvalue weighted by molar-refractivity contribution is 5.71. The molecule has 426 valence electrons. The van der Waals surface area contributed by atoms with E-state index in [0.29, 0.717) is 19.3 Å². The quantitative estimate of drug-likeness (QED) is 0.0261. The standard InChI is InChI=1S/C67H122O6/c1-4-7-10-13-15-17-19-21-23-25-27-29-30-31-32-33-34-35-36-38-39-41-43-45-47-49-51-54-57-60-66(69)72-63-64(62-71-65(68)59-56-53-12-9-6-3)73-67(70)61-58-55-52-50-48-46-44-42-40-37-28-26-24-22-20-18-16-14-11-8-5-2/h19-22,25-28,64H,4-18,23-24,29-63H2,1-3H3/b21-19-,22-20-,27-25-,28-26-. The van der Waals surface area contributed by atoms with Crippen LogP contribution in [0, 0.1) is 0 Å². The largest absolute Gasteiger partial charge is 0.462 e. The predicted molar refractivity (Wildman–Crippen MR) is 316 cm³/mol. The van der Waals surface area contributed by atoms with Crippen LogP contribution < -0.4 is 0 Å². The molecule has 6 heteroatoms. The first-order valence-electron chi connectivity index (χ1n) is 32.1. The Labute approximate surface area is 454 Å². The Morgan fingerprint density at radius 1 is 0.274 bits per heavy atom. The predicted octanol–water partition coefficient (Wildman–Crippen LogP) is 21.8. The van der Waals surface area contributed by atoms with E-state index in [1.54, 1.807) is 0 Å². The monoisotopic (exact) mass is 1020 g/mol. The van der Waals surface area contributed by atoms with Gasteiger partial charge in [-0.1, -0.05) is 288 Å². The molecule has 1 unspecified atom stereocenters. The topological polar surface area (TPSA) is 78.9 Å². The molecule has 0 saturated heterocycles. The number of rotatable bonds is 59. The van der Waals surface area contributed by atoms with Gasteiger partial charge >= 0.3 is 17.9 Å². The van der Waals surface area contributed by atoms with Crippen LogP contribution in [0.15, 0.2) is 48.6 Å². The number of allylic oxidation sites excluding steroid dienone is 8. The zero-order valence-corrected chi connectivity index (χ0v) is 48.9. The lowest BCUT2D eigenvalue weighted by atomic mass is 10.0. The molecule has 0 aromatic heterocycles. The number of hydrogen-bond acceptors (Lipinski definition) is 6. The van der Waals surface area contributed by atoms with E-state index in [2.05, 4.69) is 69.4 Å². The highest BCUT2D eigenvalue weighted by Crippen LogP contribution is 2.17. The van der Waals surface area contributed by atoms with Crippen molar-refractivity contribution in [2.75, 3.05) is 13.2 Å². The summed E-state index contributed by atoms with van der Waals surface area (Å²) >= 11 is 0. The molecule has 6 nitrogen and oxygen atoms in total. The van der Waals surface area contributed by atoms with Crippen LogP contribution in [0.5, 0.6) is 0 Å². The summed E-state index contributed by atoms with van der Waals surface area (Å²) < 4.78 is 16.8. The molecule has 0 amide bonds. The molecule has 0 heterocycles. The summed E-state index contributed by atoms with van der Waals surface area (Å²) in [5.41, 5.74) is 0. The van der Waals surface area contributed by atoms with Gasteiger partial charge in [0.2, 0.25) is 0 Å². The lowest BCUT2D eigenvalue weighted by Crippen LogP contribution is -2.30. The minimum atomic E-state index is -0.770. The van der Waals surface area contributed by atoms with Crippen molar-refractivity contribution < 1.29 is 28.6 Å². The van der Waals surface area contributed by atoms with Crippen LogP contribution in [0.25, 0.3) is 0 Å². The summed E-state index contributed by atoms with van der Waals surface area (Å²) in [4.78, 5) is 37.9. The number of carbonyl (C=O) groups excluding carboxylic acids is 3. The first kappa shape index (κ1) is 70.4. The van der Waals surface area contributed by atoms with Crippen LogP contribution in [0.2, 0.25) is 0 Å². The second kappa shape index (κ2) is 61.9. The molecule has 0 aliphatic rings. The minimum absolute atomic E-state index is 0.0718. The van der Waals surface area contributed by atoms with Crippen LogP contribution in [-0.2, 0) is 28.6 Å². The van der Waals surface area contributed by atoms with Crippen molar-refractivity contribution in [3.8, 4) is 0 Å². The van der Waals surface area contributed by atoms with Crippen molar-refractivity contribution in [1.29, 1.82) is 0 Å². The molecule has 73 heavy (non-hydrogen) atoms. The zero-order valence-electron chi connectivity index (χ0n) is 48.9. The SMILES string of the molecule is CCCCCCC/C=C\C/C=C\CCCCCCCCCCCCCCCCCCCC(=O)OCC(COC(=O)CCCCCCC)OC(=O)CCCCCCCCCCC/C=C\C/C=C\CCCCCCC. The Bertz CT molecular complexity index is 1270. The highest BCUT2D eigenvalue weighted by Gasteiger charge is 2.19. The molecule has 0 aromatic carbocycles. The van der Waals surface area contributed by atoms with E-state index in [-0.39, 0.29) is 31.1 Å². The van der Waals surface area contributed by atoms with Crippen molar-refractivity contribution in [1.82, 2.24) is 0 Å². The molecule has 0 fully saturated rings. The Morgan fingerprint density at radius 2 is 0.493 bits per heavy atom. The molecule has 0 saturated carbocycles. The van der Waals surface area contributed by atoms with Crippen molar-refractivity contribution in [3.63, 3.8) is 0 Å². The summed E-state index contributed by atoms with van der Waals surface area (Å²) in [5, 5.41) is 0. The van der Waals surface area contributed by atoms with E-state index in [1.165, 1.54) is 225 Å². The Kier molecular flexibility index (Phi) is 59.7. The Balaban J connectivity index is 3.98. The normalized spacial score (nSPS) is 12.3. The molecule has 0 bridgehead atoms. The average molecular weight is 1020 g/mol. The molecular formula is C67H122O6. The van der Waals surface area contributed by atoms with E-state index in [9.17, 15) is 14.4 Å². The highest BCUT2D eigenvalue weighted by atomic mass is 16.6. The van der Waals surface area contributed by atoms with E-state index in [4.69, 9.17) is 14.2 Å². The van der Waals surface area contributed by atoms with E-state index < -0.39 is 6.10 Å². The lowest BCUT2D eigenvalue weighted by molar-refractivity contribution is -0.167. The first-order valence-corrected chi connectivity index (χ1v) is 32.1. The van der Waals surface area contributed by atoms with Crippen molar-refractivity contribution >= 4 is 17.9 Å². The minimum Gasteiger partial charge on any atom is -0.462 e. The summed E-state index contributed by atoms with van der Waals surface area (Å²) in [6, 6.07) is 0. The van der Waals surface area contributed by atoms with Crippen molar-refractivity contribution in [2.45, 2.75) is 348 Å². The third-order valence-electron chi connectivity index (χ3n) is 14.3. The van der Waals surface area contributed by atoms with Gasteiger partial charge in [0.25, 0.3) is 0 Å². The molecule has 0 rings (SSSR count). The maximum Gasteiger partial charge on any atom is 0.306 e. The molecule has 0 spiro atoms. The van der Waals surface area contributed by atoms with Gasteiger partial charge in [-0.05, 0) is 83.5 Å². The molecule has 0 aliphatic heterocycles. The van der Waals surface area contributed by atoms with Crippen LogP contribution in [0.3, 0.4) is 0 Å². The van der Waals surface area contributed by atoms with Gasteiger partial charge in [-0.25, -0.2) is 0 Å². The van der Waals surface area contributed by atoms with Crippen LogP contribution in [0.4, 0.5) is 0 Å². The smallest absolute Gasteiger partial charge is 0.306 e. The summed E-state index contributed by atoms with van der Waals surface area (Å²) in [6.07, 6.45) is 77.5. The van der Waals surface area contributed by atoms with Gasteiger partial charge < -0.3 is 14.2 Å². The molecule has 0 N–H and O–H groups in total. The first-order chi connectivity index (χ1) is 36.0. The van der Waals surface area contributed by atoms with Gasteiger partial charge in [0.05, 0.1) is 0 Å². The second-order valence-corrected chi connectivity index (χ2v) is 21.7. The van der Waals surface area contributed by atoms with Crippen molar-refractivity contribution in [3.05, 3.63) is 48.6 Å². The van der Waals surface area contributed by atoms with Crippen LogP contribution >= 0.6 is 0 Å². The van der Waals surface area contributed by atoms with Gasteiger partial charge in [-0.3, -0.25) is 14.4 Å². The molecule has 0 radical (unpaired) electrons. The fourth-order valence-electron chi connectivity index (χ4n) is 9.45. The van der Waals surface area contributed by atoms with Gasteiger partial charge in [0.1, 0.15) is 13.2 Å². The average Bonchev–Trinajstić information content (AvgIpc) is 3.39.